The standard InChI is InChI=1S/C19H17FN2O3/c20-14-2-3-15-13(10-22-16(15)9-14)5-6-21-19(23)8-12-1-4-17-18(7-12)25-11-24-17/h1-4,7,9-10,22H,5-6,8,11H2,(H,21,23). The van der Waals surface area contributed by atoms with Crippen LogP contribution in [-0.2, 0) is 17.6 Å². The Morgan fingerprint density at radius 2 is 2.04 bits per heavy atom. The van der Waals surface area contributed by atoms with Crippen molar-refractivity contribution in [2.24, 2.45) is 0 Å². The van der Waals surface area contributed by atoms with Crippen LogP contribution in [0.2, 0.25) is 0 Å². The Morgan fingerprint density at radius 1 is 1.16 bits per heavy atom. The van der Waals surface area contributed by atoms with Crippen molar-refractivity contribution in [3.63, 3.8) is 0 Å². The number of hydrogen-bond donors (Lipinski definition) is 2. The number of rotatable bonds is 5. The lowest BCUT2D eigenvalue weighted by Crippen LogP contribution is -2.27. The number of fused-ring (bicyclic) bond motifs is 2. The molecule has 128 valence electrons. The van der Waals surface area contributed by atoms with E-state index in [1.165, 1.54) is 12.1 Å². The second-order valence-corrected chi connectivity index (χ2v) is 5.97. The van der Waals surface area contributed by atoms with Crippen molar-refractivity contribution in [2.45, 2.75) is 12.8 Å². The molecule has 2 N–H and O–H groups in total. The van der Waals surface area contributed by atoms with Gasteiger partial charge in [0.1, 0.15) is 5.82 Å². The summed E-state index contributed by atoms with van der Waals surface area (Å²) >= 11 is 0. The predicted octanol–water partition coefficient (Wildman–Crippen LogP) is 2.94. The number of benzene rings is 2. The molecule has 4 rings (SSSR count). The number of aromatic amines is 1. The minimum atomic E-state index is -0.266. The molecule has 2 heterocycles. The van der Waals surface area contributed by atoms with Gasteiger partial charge in [0, 0.05) is 23.6 Å². The number of ether oxygens (including phenoxy) is 2. The highest BCUT2D eigenvalue weighted by molar-refractivity contribution is 5.83. The van der Waals surface area contributed by atoms with E-state index in [1.54, 1.807) is 6.07 Å². The van der Waals surface area contributed by atoms with Crippen molar-refractivity contribution in [3.05, 3.63) is 59.5 Å². The maximum atomic E-state index is 13.2. The van der Waals surface area contributed by atoms with Gasteiger partial charge in [-0.05, 0) is 47.9 Å². The van der Waals surface area contributed by atoms with Crippen molar-refractivity contribution in [1.82, 2.24) is 10.3 Å². The van der Waals surface area contributed by atoms with E-state index in [-0.39, 0.29) is 24.9 Å². The Kier molecular flexibility index (Phi) is 4.01. The number of halogens is 1. The van der Waals surface area contributed by atoms with E-state index < -0.39 is 0 Å². The number of carbonyl (C=O) groups is 1. The first kappa shape index (κ1) is 15.5. The third-order valence-electron chi connectivity index (χ3n) is 4.25. The van der Waals surface area contributed by atoms with Gasteiger partial charge in [-0.1, -0.05) is 6.07 Å². The van der Waals surface area contributed by atoms with E-state index in [0.717, 1.165) is 22.0 Å². The van der Waals surface area contributed by atoms with Crippen molar-refractivity contribution in [1.29, 1.82) is 0 Å². The summed E-state index contributed by atoms with van der Waals surface area (Å²) in [5, 5.41) is 3.89. The molecule has 1 amide bonds. The van der Waals surface area contributed by atoms with Gasteiger partial charge in [-0.2, -0.15) is 0 Å². The second-order valence-electron chi connectivity index (χ2n) is 5.97. The Hall–Kier alpha value is -3.02. The highest BCUT2D eigenvalue weighted by Gasteiger charge is 2.14. The van der Waals surface area contributed by atoms with Crippen LogP contribution in [0.5, 0.6) is 11.5 Å². The van der Waals surface area contributed by atoms with Crippen LogP contribution in [0.4, 0.5) is 4.39 Å². The quantitative estimate of drug-likeness (QED) is 0.751. The van der Waals surface area contributed by atoms with Gasteiger partial charge in [-0.15, -0.1) is 0 Å². The van der Waals surface area contributed by atoms with E-state index >= 15 is 0 Å². The molecule has 0 atom stereocenters. The largest absolute Gasteiger partial charge is 0.454 e. The third-order valence-corrected chi connectivity index (χ3v) is 4.25. The van der Waals surface area contributed by atoms with Gasteiger partial charge >= 0.3 is 0 Å². The molecular formula is C19H17FN2O3. The first-order chi connectivity index (χ1) is 12.2. The SMILES string of the molecule is O=C(Cc1ccc2c(c1)OCO2)NCCc1c[nH]c2cc(F)ccc12. The lowest BCUT2D eigenvalue weighted by atomic mass is 10.1. The number of nitrogens with one attached hydrogen (secondary N) is 2. The summed E-state index contributed by atoms with van der Waals surface area (Å²) in [5.41, 5.74) is 2.70. The number of aromatic nitrogens is 1. The zero-order valence-electron chi connectivity index (χ0n) is 13.5. The maximum Gasteiger partial charge on any atom is 0.231 e. The molecule has 5 nitrogen and oxygen atoms in total. The van der Waals surface area contributed by atoms with Crippen molar-refractivity contribution < 1.29 is 18.7 Å². The van der Waals surface area contributed by atoms with Crippen molar-refractivity contribution in [2.75, 3.05) is 13.3 Å². The monoisotopic (exact) mass is 340 g/mol. The minimum Gasteiger partial charge on any atom is -0.454 e. The molecule has 0 fully saturated rings. The fourth-order valence-electron chi connectivity index (χ4n) is 3.00. The predicted molar refractivity (Wildman–Crippen MR) is 91.2 cm³/mol. The normalized spacial score (nSPS) is 12.5. The summed E-state index contributed by atoms with van der Waals surface area (Å²) in [7, 11) is 0. The lowest BCUT2D eigenvalue weighted by molar-refractivity contribution is -0.120. The Morgan fingerprint density at radius 3 is 2.96 bits per heavy atom. The van der Waals surface area contributed by atoms with Crippen LogP contribution in [0.3, 0.4) is 0 Å². The van der Waals surface area contributed by atoms with E-state index in [0.29, 0.717) is 24.5 Å². The van der Waals surface area contributed by atoms with Crippen LogP contribution >= 0.6 is 0 Å². The molecule has 0 unspecified atom stereocenters. The van der Waals surface area contributed by atoms with Crippen molar-refractivity contribution >= 4 is 16.8 Å². The molecule has 6 heteroatoms. The molecule has 1 aromatic heterocycles. The van der Waals surface area contributed by atoms with Gasteiger partial charge in [0.15, 0.2) is 11.5 Å². The summed E-state index contributed by atoms with van der Waals surface area (Å²) in [5.74, 6) is 1.07. The van der Waals surface area contributed by atoms with Gasteiger partial charge in [0.05, 0.1) is 6.42 Å². The second kappa shape index (κ2) is 6.47. The molecule has 0 saturated heterocycles. The number of amides is 1. The highest BCUT2D eigenvalue weighted by atomic mass is 19.1. The van der Waals surface area contributed by atoms with E-state index in [4.69, 9.17) is 9.47 Å². The van der Waals surface area contributed by atoms with E-state index in [9.17, 15) is 9.18 Å². The maximum absolute atomic E-state index is 13.2. The molecule has 3 aromatic rings. The number of H-pyrrole nitrogens is 1. The summed E-state index contributed by atoms with van der Waals surface area (Å²) in [6, 6.07) is 10.2. The van der Waals surface area contributed by atoms with Gasteiger partial charge in [0.2, 0.25) is 12.7 Å². The third kappa shape index (κ3) is 3.28. The van der Waals surface area contributed by atoms with Crippen molar-refractivity contribution in [3.8, 4) is 11.5 Å². The Bertz CT molecular complexity index is 936. The summed E-state index contributed by atoms with van der Waals surface area (Å²) in [6.07, 6.45) is 2.82. The molecule has 2 aromatic carbocycles. The molecule has 0 radical (unpaired) electrons. The average molecular weight is 340 g/mol. The summed E-state index contributed by atoms with van der Waals surface area (Å²) < 4.78 is 23.8. The fourth-order valence-corrected chi connectivity index (χ4v) is 3.00. The Labute approximate surface area is 143 Å². The molecule has 1 aliphatic rings. The summed E-state index contributed by atoms with van der Waals surface area (Å²) in [4.78, 5) is 15.2. The van der Waals surface area contributed by atoms with Gasteiger partial charge < -0.3 is 19.8 Å². The van der Waals surface area contributed by atoms with Crippen LogP contribution in [0.15, 0.2) is 42.6 Å². The fraction of sp³-hybridized carbons (Fsp3) is 0.211. The highest BCUT2D eigenvalue weighted by Crippen LogP contribution is 2.32. The topological polar surface area (TPSA) is 63.4 Å². The molecule has 0 spiro atoms. The minimum absolute atomic E-state index is 0.0512. The van der Waals surface area contributed by atoms with Gasteiger partial charge in [0.25, 0.3) is 0 Å². The Balaban J connectivity index is 1.32. The van der Waals surface area contributed by atoms with Gasteiger partial charge in [-0.3, -0.25) is 4.79 Å². The number of hydrogen-bond acceptors (Lipinski definition) is 3. The van der Waals surface area contributed by atoms with Crippen LogP contribution in [0.25, 0.3) is 10.9 Å². The zero-order valence-corrected chi connectivity index (χ0v) is 13.5. The van der Waals surface area contributed by atoms with Crippen LogP contribution < -0.4 is 14.8 Å². The zero-order chi connectivity index (χ0) is 17.2. The van der Waals surface area contributed by atoms with Crippen LogP contribution in [0.1, 0.15) is 11.1 Å². The molecule has 0 saturated carbocycles. The first-order valence-corrected chi connectivity index (χ1v) is 8.10. The first-order valence-electron chi connectivity index (χ1n) is 8.10. The lowest BCUT2D eigenvalue weighted by Gasteiger charge is -2.06. The molecule has 1 aliphatic heterocycles. The van der Waals surface area contributed by atoms with E-state index in [2.05, 4.69) is 10.3 Å². The number of carbonyl (C=O) groups excluding carboxylic acids is 1. The molecule has 0 bridgehead atoms. The smallest absolute Gasteiger partial charge is 0.231 e. The summed E-state index contributed by atoms with van der Waals surface area (Å²) in [6.45, 7) is 0.743. The molecule has 0 aliphatic carbocycles. The van der Waals surface area contributed by atoms with Crippen LogP contribution in [-0.4, -0.2) is 24.2 Å². The van der Waals surface area contributed by atoms with Crippen LogP contribution in [0, 0.1) is 5.82 Å². The molecular weight excluding hydrogens is 323 g/mol. The van der Waals surface area contributed by atoms with E-state index in [1.807, 2.05) is 24.4 Å². The van der Waals surface area contributed by atoms with Gasteiger partial charge in [-0.25, -0.2) is 4.39 Å². The average Bonchev–Trinajstić information content (AvgIpc) is 3.21. The molecule has 25 heavy (non-hydrogen) atoms.